The van der Waals surface area contributed by atoms with Crippen molar-refractivity contribution in [2.75, 3.05) is 0 Å². The molecule has 0 saturated heterocycles. The maximum Gasteiger partial charge on any atom is 0.449 e. The van der Waals surface area contributed by atoms with Crippen LogP contribution in [0.5, 0.6) is 0 Å². The highest BCUT2D eigenvalue weighted by molar-refractivity contribution is 5.97. The topological polar surface area (TPSA) is 86.5 Å². The molecule has 2 aromatic heterocycles. The lowest BCUT2D eigenvalue weighted by atomic mass is 10.1. The van der Waals surface area contributed by atoms with E-state index in [0.717, 1.165) is 11.0 Å². The summed E-state index contributed by atoms with van der Waals surface area (Å²) in [7, 11) is 0. The largest absolute Gasteiger partial charge is 0.449 e. The molecular formula is C18H14F3N5O. The quantitative estimate of drug-likeness (QED) is 0.508. The van der Waals surface area contributed by atoms with Crippen LogP contribution < -0.4 is 5.32 Å². The summed E-state index contributed by atoms with van der Waals surface area (Å²) in [4.78, 5) is 25.7. The number of aromatic nitrogens is 4. The maximum atomic E-state index is 12.7. The number of aromatic amines is 2. The Balaban J connectivity index is 1.56. The second-order valence-corrected chi connectivity index (χ2v) is 6.15. The molecule has 0 spiro atoms. The molecule has 4 rings (SSSR count). The first-order chi connectivity index (χ1) is 12.8. The van der Waals surface area contributed by atoms with Gasteiger partial charge in [0.15, 0.2) is 0 Å². The number of hydrogen-bond donors (Lipinski definition) is 3. The Morgan fingerprint density at radius 3 is 2.52 bits per heavy atom. The number of nitrogens with zero attached hydrogens (tertiary/aromatic N) is 2. The number of benzene rings is 2. The summed E-state index contributed by atoms with van der Waals surface area (Å²) < 4.78 is 38.2. The van der Waals surface area contributed by atoms with Crippen LogP contribution in [0.1, 0.15) is 35.0 Å². The number of halogens is 3. The minimum absolute atomic E-state index is 0.143. The van der Waals surface area contributed by atoms with Crippen LogP contribution >= 0.6 is 0 Å². The predicted molar refractivity (Wildman–Crippen MR) is 93.1 cm³/mol. The van der Waals surface area contributed by atoms with E-state index < -0.39 is 23.9 Å². The van der Waals surface area contributed by atoms with E-state index in [1.54, 1.807) is 6.92 Å². The van der Waals surface area contributed by atoms with Crippen LogP contribution in [0.25, 0.3) is 22.1 Å². The van der Waals surface area contributed by atoms with E-state index in [-0.39, 0.29) is 16.6 Å². The number of rotatable bonds is 3. The van der Waals surface area contributed by atoms with Crippen LogP contribution in [0.15, 0.2) is 42.5 Å². The van der Waals surface area contributed by atoms with Gasteiger partial charge < -0.3 is 15.3 Å². The molecule has 0 aliphatic heterocycles. The van der Waals surface area contributed by atoms with E-state index in [1.165, 1.54) is 18.2 Å². The van der Waals surface area contributed by atoms with Crippen LogP contribution in [0, 0.1) is 0 Å². The molecule has 0 fully saturated rings. The molecule has 2 aromatic carbocycles. The summed E-state index contributed by atoms with van der Waals surface area (Å²) in [5.74, 6) is -0.926. The van der Waals surface area contributed by atoms with Gasteiger partial charge in [-0.05, 0) is 37.3 Å². The summed E-state index contributed by atoms with van der Waals surface area (Å²) in [6, 6.07) is 11.2. The molecule has 0 bridgehead atoms. The number of H-pyrrole nitrogens is 2. The van der Waals surface area contributed by atoms with Crippen molar-refractivity contribution in [1.29, 1.82) is 0 Å². The van der Waals surface area contributed by atoms with Crippen LogP contribution in [0.2, 0.25) is 0 Å². The highest BCUT2D eigenvalue weighted by atomic mass is 19.4. The molecule has 9 heteroatoms. The van der Waals surface area contributed by atoms with Crippen molar-refractivity contribution in [2.45, 2.75) is 19.1 Å². The zero-order valence-electron chi connectivity index (χ0n) is 14.1. The monoisotopic (exact) mass is 373 g/mol. The van der Waals surface area contributed by atoms with Crippen LogP contribution in [0.3, 0.4) is 0 Å². The first-order valence-corrected chi connectivity index (χ1v) is 8.14. The number of carbonyl (C=O) groups is 1. The zero-order valence-corrected chi connectivity index (χ0v) is 14.1. The Morgan fingerprint density at radius 1 is 1.04 bits per heavy atom. The fraction of sp³-hybridized carbons (Fsp3) is 0.167. The van der Waals surface area contributed by atoms with Gasteiger partial charge in [0.2, 0.25) is 5.82 Å². The standard InChI is InChI=1S/C18H14F3N5O/c1-9(15-23-11-4-2-3-5-12(11)24-15)22-16(27)10-6-7-13-14(8-10)26-17(25-13)18(19,20)21/h2-9H,1H3,(H,22,27)(H,23,24)(H,25,26)/t9-/m0/s1. The van der Waals surface area contributed by atoms with Crippen molar-refractivity contribution in [2.24, 2.45) is 0 Å². The summed E-state index contributed by atoms with van der Waals surface area (Å²) in [5, 5.41) is 2.79. The number of nitrogens with one attached hydrogen (secondary N) is 3. The van der Waals surface area contributed by atoms with Gasteiger partial charge in [-0.15, -0.1) is 0 Å². The Hall–Kier alpha value is -3.36. The normalized spacial score (nSPS) is 13.2. The molecule has 138 valence electrons. The van der Waals surface area contributed by atoms with Gasteiger partial charge in [0.25, 0.3) is 5.91 Å². The predicted octanol–water partition coefficient (Wildman–Crippen LogP) is 3.95. The van der Waals surface area contributed by atoms with E-state index in [9.17, 15) is 18.0 Å². The number of hydrogen-bond acceptors (Lipinski definition) is 3. The highest BCUT2D eigenvalue weighted by Crippen LogP contribution is 2.28. The number of imidazole rings is 2. The average molecular weight is 373 g/mol. The number of amides is 1. The minimum atomic E-state index is -4.57. The van der Waals surface area contributed by atoms with E-state index in [0.29, 0.717) is 5.82 Å². The van der Waals surface area contributed by atoms with Gasteiger partial charge >= 0.3 is 6.18 Å². The first kappa shape index (κ1) is 17.1. The molecule has 6 nitrogen and oxygen atoms in total. The van der Waals surface area contributed by atoms with Gasteiger partial charge in [-0.2, -0.15) is 13.2 Å². The van der Waals surface area contributed by atoms with Crippen molar-refractivity contribution in [3.63, 3.8) is 0 Å². The molecule has 0 aliphatic carbocycles. The molecule has 1 atom stereocenters. The number of alkyl halides is 3. The Labute approximate surface area is 150 Å². The van der Waals surface area contributed by atoms with Gasteiger partial charge in [0.05, 0.1) is 28.1 Å². The first-order valence-electron chi connectivity index (χ1n) is 8.14. The Bertz CT molecular complexity index is 1110. The molecule has 0 saturated carbocycles. The Kier molecular flexibility index (Phi) is 3.87. The van der Waals surface area contributed by atoms with Gasteiger partial charge in [-0.3, -0.25) is 4.79 Å². The molecule has 2 heterocycles. The van der Waals surface area contributed by atoms with Crippen molar-refractivity contribution in [3.05, 3.63) is 59.7 Å². The third-order valence-electron chi connectivity index (χ3n) is 4.18. The smallest absolute Gasteiger partial charge is 0.342 e. The molecular weight excluding hydrogens is 359 g/mol. The zero-order chi connectivity index (χ0) is 19.2. The second kappa shape index (κ2) is 6.11. The number of para-hydroxylation sites is 2. The molecule has 0 radical (unpaired) electrons. The molecule has 4 aromatic rings. The van der Waals surface area contributed by atoms with Crippen LogP contribution in [-0.2, 0) is 6.18 Å². The molecule has 0 aliphatic rings. The van der Waals surface area contributed by atoms with E-state index in [1.807, 2.05) is 24.3 Å². The SMILES string of the molecule is C[C@H](NC(=O)c1ccc2nc(C(F)(F)F)[nH]c2c1)c1nc2ccccc2[nH]1. The maximum absolute atomic E-state index is 12.7. The summed E-state index contributed by atoms with van der Waals surface area (Å²) >= 11 is 0. The number of fused-ring (bicyclic) bond motifs is 2. The minimum Gasteiger partial charge on any atom is -0.342 e. The third kappa shape index (κ3) is 3.23. The van der Waals surface area contributed by atoms with E-state index in [2.05, 4.69) is 25.3 Å². The fourth-order valence-electron chi connectivity index (χ4n) is 2.81. The highest BCUT2D eigenvalue weighted by Gasteiger charge is 2.34. The van der Waals surface area contributed by atoms with E-state index in [4.69, 9.17) is 0 Å². The van der Waals surface area contributed by atoms with E-state index >= 15 is 0 Å². The lowest BCUT2D eigenvalue weighted by molar-refractivity contribution is -0.144. The van der Waals surface area contributed by atoms with Crippen molar-refractivity contribution in [3.8, 4) is 0 Å². The van der Waals surface area contributed by atoms with Crippen molar-refractivity contribution >= 4 is 28.0 Å². The van der Waals surface area contributed by atoms with Gasteiger partial charge in [0.1, 0.15) is 5.82 Å². The van der Waals surface area contributed by atoms with Crippen molar-refractivity contribution < 1.29 is 18.0 Å². The van der Waals surface area contributed by atoms with Gasteiger partial charge in [-0.25, -0.2) is 9.97 Å². The molecule has 1 amide bonds. The summed E-state index contributed by atoms with van der Waals surface area (Å²) in [6.45, 7) is 1.77. The number of carbonyl (C=O) groups excluding carboxylic acids is 1. The molecule has 3 N–H and O–H groups in total. The lowest BCUT2D eigenvalue weighted by Crippen LogP contribution is -2.27. The van der Waals surface area contributed by atoms with Gasteiger partial charge in [-0.1, -0.05) is 12.1 Å². The van der Waals surface area contributed by atoms with Crippen molar-refractivity contribution in [1.82, 2.24) is 25.3 Å². The van der Waals surface area contributed by atoms with Gasteiger partial charge in [0, 0.05) is 5.56 Å². The summed E-state index contributed by atoms with van der Waals surface area (Å²) in [5.41, 5.74) is 2.15. The lowest BCUT2D eigenvalue weighted by Gasteiger charge is -2.11. The molecule has 0 unspecified atom stereocenters. The summed E-state index contributed by atoms with van der Waals surface area (Å²) in [6.07, 6.45) is -4.57. The average Bonchev–Trinajstić information content (AvgIpc) is 3.24. The third-order valence-corrected chi connectivity index (χ3v) is 4.18. The van der Waals surface area contributed by atoms with Crippen LogP contribution in [-0.4, -0.2) is 25.8 Å². The molecule has 27 heavy (non-hydrogen) atoms. The second-order valence-electron chi connectivity index (χ2n) is 6.15. The van der Waals surface area contributed by atoms with Crippen LogP contribution in [0.4, 0.5) is 13.2 Å². The fourth-order valence-corrected chi connectivity index (χ4v) is 2.81. The Morgan fingerprint density at radius 2 is 1.78 bits per heavy atom.